The number of ketones is 1. The Labute approximate surface area is 141 Å². The summed E-state index contributed by atoms with van der Waals surface area (Å²) in [7, 11) is 0. The average molecular weight is 351 g/mol. The van der Waals surface area contributed by atoms with E-state index in [4.69, 9.17) is 11.6 Å². The second-order valence-electron chi connectivity index (χ2n) is 5.12. The summed E-state index contributed by atoms with van der Waals surface area (Å²) >= 11 is 7.25. The fourth-order valence-electron chi connectivity index (χ4n) is 2.46. The molecule has 0 N–H and O–H groups in total. The summed E-state index contributed by atoms with van der Waals surface area (Å²) in [5, 5.41) is 10.1. The maximum Gasteiger partial charge on any atom is 0.213 e. The zero-order valence-corrected chi connectivity index (χ0v) is 13.6. The van der Waals surface area contributed by atoms with Crippen molar-refractivity contribution < 1.29 is 9.18 Å². The Hall–Kier alpha value is -2.04. The monoisotopic (exact) mass is 350 g/mol. The number of nitriles is 1. The molecule has 1 aliphatic rings. The first kappa shape index (κ1) is 15.8. The number of pyridine rings is 1. The number of hydrogen-bond acceptors (Lipinski definition) is 6. The number of nitrogens with zero attached hydrogens (tertiary/aromatic N) is 4. The Balaban J connectivity index is 1.91. The molecule has 8 heteroatoms. The first-order chi connectivity index (χ1) is 11.1. The van der Waals surface area contributed by atoms with Crippen molar-refractivity contribution in [3.05, 3.63) is 39.9 Å². The molecule has 0 aromatic carbocycles. The summed E-state index contributed by atoms with van der Waals surface area (Å²) in [4.78, 5) is 22.8. The third-order valence-electron chi connectivity index (χ3n) is 3.60. The van der Waals surface area contributed by atoms with Crippen LogP contribution in [0.5, 0.6) is 0 Å². The van der Waals surface area contributed by atoms with E-state index in [2.05, 4.69) is 14.9 Å². The van der Waals surface area contributed by atoms with Gasteiger partial charge in [-0.2, -0.15) is 9.65 Å². The molecule has 3 rings (SSSR count). The van der Waals surface area contributed by atoms with Gasteiger partial charge in [0.2, 0.25) is 5.95 Å². The maximum atomic E-state index is 13.2. The van der Waals surface area contributed by atoms with Crippen LogP contribution in [-0.4, -0.2) is 28.8 Å². The number of carbonyl (C=O) groups excluding carboxylic acids is 1. The standard InChI is InChI=1S/C15H12ClFN4OS/c16-14-13(23-15(20-14)21-6-1-2-7-21)12(22)9(8-18)10-4-3-5-11(17)19-10/h3-5,9H,1-2,6-7H2. The predicted octanol–water partition coefficient (Wildman–Crippen LogP) is 3.42. The third-order valence-corrected chi connectivity index (χ3v) is 5.11. The lowest BCUT2D eigenvalue weighted by molar-refractivity contribution is 0.0981. The van der Waals surface area contributed by atoms with E-state index in [0.717, 1.165) is 32.0 Å². The molecule has 1 unspecified atom stereocenters. The Morgan fingerprint density at radius 3 is 2.78 bits per heavy atom. The molecule has 1 aliphatic heterocycles. The second-order valence-corrected chi connectivity index (χ2v) is 6.46. The van der Waals surface area contributed by atoms with E-state index in [9.17, 15) is 14.4 Å². The summed E-state index contributed by atoms with van der Waals surface area (Å²) in [5.74, 6) is -2.43. The van der Waals surface area contributed by atoms with E-state index in [1.807, 2.05) is 6.07 Å². The number of carbonyl (C=O) groups is 1. The Morgan fingerprint density at radius 1 is 1.39 bits per heavy atom. The van der Waals surface area contributed by atoms with Gasteiger partial charge in [-0.3, -0.25) is 4.79 Å². The average Bonchev–Trinajstić information content (AvgIpc) is 3.17. The van der Waals surface area contributed by atoms with Crippen LogP contribution in [-0.2, 0) is 0 Å². The molecule has 23 heavy (non-hydrogen) atoms. The molecule has 0 amide bonds. The van der Waals surface area contributed by atoms with Crippen molar-refractivity contribution in [1.29, 1.82) is 5.26 Å². The number of hydrogen-bond donors (Lipinski definition) is 0. The van der Waals surface area contributed by atoms with Crippen LogP contribution in [0.15, 0.2) is 18.2 Å². The van der Waals surface area contributed by atoms with Gasteiger partial charge in [0.05, 0.1) is 11.8 Å². The topological polar surface area (TPSA) is 69.9 Å². The van der Waals surface area contributed by atoms with Gasteiger partial charge < -0.3 is 4.90 Å². The minimum Gasteiger partial charge on any atom is -0.348 e. The first-order valence-corrected chi connectivity index (χ1v) is 8.27. The summed E-state index contributed by atoms with van der Waals surface area (Å²) in [5.41, 5.74) is 0.0738. The maximum absolute atomic E-state index is 13.2. The number of thiazole rings is 1. The molecule has 1 atom stereocenters. The number of Topliss-reactive ketones (excluding diaryl/α,β-unsaturated/α-hetero) is 1. The second kappa shape index (κ2) is 6.60. The Morgan fingerprint density at radius 2 is 2.13 bits per heavy atom. The van der Waals surface area contributed by atoms with Gasteiger partial charge in [0.15, 0.2) is 22.0 Å². The molecule has 0 bridgehead atoms. The van der Waals surface area contributed by atoms with Gasteiger partial charge in [-0.1, -0.05) is 29.0 Å². The number of halogens is 2. The largest absolute Gasteiger partial charge is 0.348 e. The quantitative estimate of drug-likeness (QED) is 0.624. The smallest absolute Gasteiger partial charge is 0.213 e. The SMILES string of the molecule is N#CC(C(=O)c1sc(N2CCCC2)nc1Cl)c1cccc(F)n1. The third kappa shape index (κ3) is 3.19. The first-order valence-electron chi connectivity index (χ1n) is 7.07. The van der Waals surface area contributed by atoms with Gasteiger partial charge in [0.1, 0.15) is 4.88 Å². The van der Waals surface area contributed by atoms with Crippen LogP contribution < -0.4 is 4.90 Å². The summed E-state index contributed by atoms with van der Waals surface area (Å²) < 4.78 is 13.2. The molecule has 118 valence electrons. The summed E-state index contributed by atoms with van der Waals surface area (Å²) in [6.07, 6.45) is 2.16. The summed E-state index contributed by atoms with van der Waals surface area (Å²) in [6.45, 7) is 1.76. The molecule has 1 fully saturated rings. The lowest BCUT2D eigenvalue weighted by atomic mass is 10.0. The van der Waals surface area contributed by atoms with Crippen molar-refractivity contribution in [2.24, 2.45) is 0 Å². The van der Waals surface area contributed by atoms with E-state index in [0.29, 0.717) is 5.13 Å². The highest BCUT2D eigenvalue weighted by Gasteiger charge is 2.29. The van der Waals surface area contributed by atoms with Crippen LogP contribution >= 0.6 is 22.9 Å². The highest BCUT2D eigenvalue weighted by atomic mass is 35.5. The summed E-state index contributed by atoms with van der Waals surface area (Å²) in [6, 6.07) is 5.90. The van der Waals surface area contributed by atoms with Gasteiger partial charge in [-0.05, 0) is 25.0 Å². The lowest BCUT2D eigenvalue weighted by Gasteiger charge is -2.12. The van der Waals surface area contributed by atoms with Crippen molar-refractivity contribution in [3.63, 3.8) is 0 Å². The van der Waals surface area contributed by atoms with Crippen molar-refractivity contribution in [2.45, 2.75) is 18.8 Å². The highest BCUT2D eigenvalue weighted by molar-refractivity contribution is 7.18. The fraction of sp³-hybridized carbons (Fsp3) is 0.333. The molecule has 0 saturated carbocycles. The van der Waals surface area contributed by atoms with E-state index in [-0.39, 0.29) is 15.7 Å². The Kier molecular flexibility index (Phi) is 4.55. The van der Waals surface area contributed by atoms with Gasteiger partial charge in [0, 0.05) is 13.1 Å². The van der Waals surface area contributed by atoms with Crippen molar-refractivity contribution in [3.8, 4) is 6.07 Å². The van der Waals surface area contributed by atoms with Gasteiger partial charge in [-0.25, -0.2) is 9.97 Å². The van der Waals surface area contributed by atoms with Crippen molar-refractivity contribution in [1.82, 2.24) is 9.97 Å². The van der Waals surface area contributed by atoms with Crippen LogP contribution in [0.4, 0.5) is 9.52 Å². The Bertz CT molecular complexity index is 782. The number of anilines is 1. The van der Waals surface area contributed by atoms with Crippen molar-refractivity contribution in [2.75, 3.05) is 18.0 Å². The molecular weight excluding hydrogens is 339 g/mol. The zero-order chi connectivity index (χ0) is 16.4. The van der Waals surface area contributed by atoms with Crippen LogP contribution in [0.3, 0.4) is 0 Å². The fourth-order valence-corrected chi connectivity index (χ4v) is 3.78. The minimum absolute atomic E-state index is 0.0738. The lowest BCUT2D eigenvalue weighted by Crippen LogP contribution is -2.17. The van der Waals surface area contributed by atoms with Crippen LogP contribution in [0, 0.1) is 17.3 Å². The van der Waals surface area contributed by atoms with E-state index in [1.54, 1.807) is 0 Å². The molecule has 1 saturated heterocycles. The molecular formula is C15H12ClFN4OS. The molecule has 3 heterocycles. The van der Waals surface area contributed by atoms with E-state index < -0.39 is 17.6 Å². The van der Waals surface area contributed by atoms with Gasteiger partial charge in [0.25, 0.3) is 0 Å². The van der Waals surface area contributed by atoms with Gasteiger partial charge in [-0.15, -0.1) is 0 Å². The molecule has 2 aromatic rings. The highest BCUT2D eigenvalue weighted by Crippen LogP contribution is 2.34. The van der Waals surface area contributed by atoms with E-state index >= 15 is 0 Å². The van der Waals surface area contributed by atoms with Crippen LogP contribution in [0.25, 0.3) is 0 Å². The van der Waals surface area contributed by atoms with E-state index in [1.165, 1.54) is 23.5 Å². The molecule has 0 aliphatic carbocycles. The van der Waals surface area contributed by atoms with Gasteiger partial charge >= 0.3 is 0 Å². The molecule has 0 spiro atoms. The minimum atomic E-state index is -1.20. The van der Waals surface area contributed by atoms with Crippen LogP contribution in [0.1, 0.15) is 34.1 Å². The zero-order valence-electron chi connectivity index (χ0n) is 12.0. The van der Waals surface area contributed by atoms with Crippen molar-refractivity contribution >= 4 is 33.9 Å². The normalized spacial score (nSPS) is 15.4. The van der Waals surface area contributed by atoms with Crippen LogP contribution in [0.2, 0.25) is 5.15 Å². The molecule has 5 nitrogen and oxygen atoms in total. The number of rotatable bonds is 4. The number of aromatic nitrogens is 2. The predicted molar refractivity (Wildman–Crippen MR) is 85.5 cm³/mol. The molecule has 0 radical (unpaired) electrons. The molecule has 2 aromatic heterocycles.